The first kappa shape index (κ1) is 14.3. The largest absolute Gasteiger partial charge is 0.381 e. The Labute approximate surface area is 112 Å². The van der Waals surface area contributed by atoms with E-state index in [4.69, 9.17) is 4.74 Å². The topological polar surface area (TPSA) is 27.7 Å². The Morgan fingerprint density at radius 2 is 2.00 bits per heavy atom. The van der Waals surface area contributed by atoms with Crippen LogP contribution in [0.2, 0.25) is 0 Å². The zero-order valence-electron chi connectivity index (χ0n) is 12.0. The molecule has 1 atom stereocenters. The predicted octanol–water partition coefficient (Wildman–Crippen LogP) is 0.781. The van der Waals surface area contributed by atoms with Crippen LogP contribution in [-0.2, 0) is 4.74 Å². The minimum atomic E-state index is 0.688. The van der Waals surface area contributed by atoms with Gasteiger partial charge in [0, 0.05) is 58.0 Å². The third-order valence-corrected chi connectivity index (χ3v) is 4.41. The van der Waals surface area contributed by atoms with Crippen LogP contribution in [0.3, 0.4) is 0 Å². The van der Waals surface area contributed by atoms with Crippen molar-refractivity contribution >= 4 is 0 Å². The average molecular weight is 255 g/mol. The fraction of sp³-hybridized carbons (Fsp3) is 1.00. The van der Waals surface area contributed by atoms with Gasteiger partial charge in [-0.2, -0.15) is 0 Å². The zero-order chi connectivity index (χ0) is 12.8. The number of hydrogen-bond acceptors (Lipinski definition) is 4. The summed E-state index contributed by atoms with van der Waals surface area (Å²) in [6.45, 7) is 10.2. The van der Waals surface area contributed by atoms with Gasteiger partial charge in [0.15, 0.2) is 0 Å². The van der Waals surface area contributed by atoms with Gasteiger partial charge >= 0.3 is 0 Å². The minimum Gasteiger partial charge on any atom is -0.381 e. The molecule has 2 aliphatic heterocycles. The van der Waals surface area contributed by atoms with Gasteiger partial charge in [-0.1, -0.05) is 6.92 Å². The van der Waals surface area contributed by atoms with Crippen molar-refractivity contribution in [3.63, 3.8) is 0 Å². The van der Waals surface area contributed by atoms with Crippen LogP contribution in [0.1, 0.15) is 26.2 Å². The smallest absolute Gasteiger partial charge is 0.0480 e. The van der Waals surface area contributed by atoms with Crippen LogP contribution in [0.15, 0.2) is 0 Å². The fourth-order valence-corrected chi connectivity index (χ4v) is 2.98. The molecule has 0 aromatic heterocycles. The molecular formula is C14H29N3O. The third kappa shape index (κ3) is 4.19. The minimum absolute atomic E-state index is 0.688. The molecule has 0 aromatic carbocycles. The molecule has 0 spiro atoms. The molecule has 2 fully saturated rings. The molecular weight excluding hydrogens is 226 g/mol. The first-order valence-electron chi connectivity index (χ1n) is 7.53. The first-order chi connectivity index (χ1) is 8.79. The number of piperazine rings is 1. The predicted molar refractivity (Wildman–Crippen MR) is 75.0 cm³/mol. The second kappa shape index (κ2) is 7.43. The van der Waals surface area contributed by atoms with Crippen LogP contribution in [0.5, 0.6) is 0 Å². The van der Waals surface area contributed by atoms with E-state index in [1.54, 1.807) is 0 Å². The highest BCUT2D eigenvalue weighted by Crippen LogP contribution is 2.10. The Bertz CT molecular complexity index is 231. The van der Waals surface area contributed by atoms with Crippen molar-refractivity contribution in [2.45, 2.75) is 38.3 Å². The van der Waals surface area contributed by atoms with Gasteiger partial charge in [-0.3, -0.25) is 4.90 Å². The summed E-state index contributed by atoms with van der Waals surface area (Å²) in [6.07, 6.45) is 3.63. The molecule has 0 amide bonds. The van der Waals surface area contributed by atoms with E-state index in [9.17, 15) is 0 Å². The Hall–Kier alpha value is -0.160. The van der Waals surface area contributed by atoms with Crippen molar-refractivity contribution in [1.82, 2.24) is 15.1 Å². The van der Waals surface area contributed by atoms with Crippen molar-refractivity contribution in [3.8, 4) is 0 Å². The van der Waals surface area contributed by atoms with Gasteiger partial charge in [0.05, 0.1) is 0 Å². The monoisotopic (exact) mass is 255 g/mol. The number of nitrogens with one attached hydrogen (secondary N) is 1. The van der Waals surface area contributed by atoms with Crippen LogP contribution >= 0.6 is 0 Å². The molecule has 0 bridgehead atoms. The van der Waals surface area contributed by atoms with E-state index in [1.807, 2.05) is 0 Å². The number of likely N-dealkylation sites (N-methyl/N-ethyl adjacent to an activating group) is 1. The van der Waals surface area contributed by atoms with Gasteiger partial charge < -0.3 is 15.0 Å². The molecule has 2 saturated heterocycles. The van der Waals surface area contributed by atoms with E-state index in [-0.39, 0.29) is 0 Å². The summed E-state index contributed by atoms with van der Waals surface area (Å²) >= 11 is 0. The van der Waals surface area contributed by atoms with Crippen LogP contribution in [-0.4, -0.2) is 74.9 Å². The molecule has 4 heteroatoms. The summed E-state index contributed by atoms with van der Waals surface area (Å²) < 4.78 is 5.38. The number of nitrogens with zero attached hydrogens (tertiary/aromatic N) is 2. The lowest BCUT2D eigenvalue weighted by molar-refractivity contribution is 0.0725. The molecule has 1 N–H and O–H groups in total. The molecule has 0 aromatic rings. The van der Waals surface area contributed by atoms with Gasteiger partial charge in [0.1, 0.15) is 0 Å². The van der Waals surface area contributed by atoms with E-state index in [2.05, 4.69) is 29.1 Å². The van der Waals surface area contributed by atoms with Crippen molar-refractivity contribution in [2.75, 3.05) is 53.0 Å². The number of rotatable bonds is 5. The summed E-state index contributed by atoms with van der Waals surface area (Å²) in [5.74, 6) is 0. The van der Waals surface area contributed by atoms with E-state index in [1.165, 1.54) is 45.4 Å². The Morgan fingerprint density at radius 3 is 2.72 bits per heavy atom. The number of ether oxygens (including phenoxy) is 1. The van der Waals surface area contributed by atoms with Crippen LogP contribution < -0.4 is 5.32 Å². The maximum absolute atomic E-state index is 5.38. The molecule has 0 saturated carbocycles. The highest BCUT2D eigenvalue weighted by molar-refractivity contribution is 4.80. The van der Waals surface area contributed by atoms with Gasteiger partial charge in [0.2, 0.25) is 0 Å². The zero-order valence-corrected chi connectivity index (χ0v) is 12.0. The molecule has 1 unspecified atom stereocenters. The average Bonchev–Trinajstić information content (AvgIpc) is 2.42. The second-order valence-electron chi connectivity index (χ2n) is 5.68. The molecule has 18 heavy (non-hydrogen) atoms. The molecule has 2 heterocycles. The van der Waals surface area contributed by atoms with E-state index < -0.39 is 0 Å². The molecule has 4 nitrogen and oxygen atoms in total. The standard InChI is InChI=1S/C14H29N3O/c1-3-14-12-17(9-8-16(14)2)7-6-15-13-4-10-18-11-5-13/h13-15H,3-12H2,1-2H3. The van der Waals surface area contributed by atoms with Crippen LogP contribution in [0.4, 0.5) is 0 Å². The summed E-state index contributed by atoms with van der Waals surface area (Å²) in [5, 5.41) is 3.68. The SMILES string of the molecule is CCC1CN(CCNC2CCOCC2)CCN1C. The van der Waals surface area contributed by atoms with E-state index >= 15 is 0 Å². The quantitative estimate of drug-likeness (QED) is 0.786. The lowest BCUT2D eigenvalue weighted by Crippen LogP contribution is -2.52. The highest BCUT2D eigenvalue weighted by Gasteiger charge is 2.22. The van der Waals surface area contributed by atoms with Gasteiger partial charge in [0.25, 0.3) is 0 Å². The summed E-state index contributed by atoms with van der Waals surface area (Å²) in [7, 11) is 2.26. The van der Waals surface area contributed by atoms with E-state index in [0.717, 1.165) is 25.8 Å². The van der Waals surface area contributed by atoms with Gasteiger partial charge in [-0.25, -0.2) is 0 Å². The van der Waals surface area contributed by atoms with E-state index in [0.29, 0.717) is 6.04 Å². The Morgan fingerprint density at radius 1 is 1.22 bits per heavy atom. The first-order valence-corrected chi connectivity index (χ1v) is 7.53. The lowest BCUT2D eigenvalue weighted by Gasteiger charge is -2.39. The second-order valence-corrected chi connectivity index (χ2v) is 5.68. The van der Waals surface area contributed by atoms with Crippen molar-refractivity contribution in [3.05, 3.63) is 0 Å². The summed E-state index contributed by atoms with van der Waals surface area (Å²) in [6, 6.07) is 1.44. The van der Waals surface area contributed by atoms with Crippen molar-refractivity contribution in [1.29, 1.82) is 0 Å². The van der Waals surface area contributed by atoms with Gasteiger partial charge in [-0.05, 0) is 26.3 Å². The molecule has 2 rings (SSSR count). The fourth-order valence-electron chi connectivity index (χ4n) is 2.98. The lowest BCUT2D eigenvalue weighted by atomic mass is 10.1. The molecule has 0 radical (unpaired) electrons. The van der Waals surface area contributed by atoms with Gasteiger partial charge in [-0.15, -0.1) is 0 Å². The number of hydrogen-bond donors (Lipinski definition) is 1. The molecule has 106 valence electrons. The molecule has 2 aliphatic rings. The Kier molecular flexibility index (Phi) is 5.89. The normalized spacial score (nSPS) is 28.7. The summed E-state index contributed by atoms with van der Waals surface area (Å²) in [4.78, 5) is 5.11. The Balaban J connectivity index is 1.61. The summed E-state index contributed by atoms with van der Waals surface area (Å²) in [5.41, 5.74) is 0. The highest BCUT2D eigenvalue weighted by atomic mass is 16.5. The van der Waals surface area contributed by atoms with Crippen molar-refractivity contribution in [2.24, 2.45) is 0 Å². The van der Waals surface area contributed by atoms with Crippen LogP contribution in [0.25, 0.3) is 0 Å². The molecule has 0 aliphatic carbocycles. The third-order valence-electron chi connectivity index (χ3n) is 4.41. The maximum atomic E-state index is 5.38. The van der Waals surface area contributed by atoms with Crippen molar-refractivity contribution < 1.29 is 4.74 Å². The van der Waals surface area contributed by atoms with Crippen LogP contribution in [0, 0.1) is 0 Å². The maximum Gasteiger partial charge on any atom is 0.0480 e.